The molecule has 0 aliphatic carbocycles. The van der Waals surface area contributed by atoms with Crippen LogP contribution in [0.1, 0.15) is 10.4 Å². The highest BCUT2D eigenvalue weighted by Crippen LogP contribution is 2.46. The Kier molecular flexibility index (Phi) is 5.74. The summed E-state index contributed by atoms with van der Waals surface area (Å²) in [4.78, 5) is 25.2. The zero-order valence-corrected chi connectivity index (χ0v) is 17.7. The van der Waals surface area contributed by atoms with E-state index in [1.54, 1.807) is 24.3 Å². The second-order valence-corrected chi connectivity index (χ2v) is 7.85. The Morgan fingerprint density at radius 3 is 2.65 bits per heavy atom. The third-order valence-corrected chi connectivity index (χ3v) is 5.67. The minimum absolute atomic E-state index is 0.0646. The first kappa shape index (κ1) is 20.6. The average Bonchev–Trinajstić information content (AvgIpc) is 2.77. The van der Waals surface area contributed by atoms with Crippen molar-refractivity contribution in [2.75, 3.05) is 12.4 Å². The van der Waals surface area contributed by atoms with Crippen LogP contribution in [0.2, 0.25) is 0 Å². The lowest BCUT2D eigenvalue weighted by molar-refractivity contribution is -0.384. The van der Waals surface area contributed by atoms with Crippen LogP contribution < -0.4 is 20.1 Å². The number of thiocarbonyl (C=S) groups is 1. The first-order valence-corrected chi connectivity index (χ1v) is 10.2. The third-order valence-electron chi connectivity index (χ3n) is 4.37. The molecule has 0 bridgehead atoms. The fraction of sp³-hybridized carbons (Fsp3) is 0.0476. The lowest BCUT2D eigenvalue weighted by atomic mass is 10.2. The molecule has 0 spiro atoms. The van der Waals surface area contributed by atoms with Gasteiger partial charge in [0.15, 0.2) is 5.11 Å². The Morgan fingerprint density at radius 1 is 1.10 bits per heavy atom. The summed E-state index contributed by atoms with van der Waals surface area (Å²) in [7, 11) is 1.41. The van der Waals surface area contributed by atoms with E-state index in [2.05, 4.69) is 10.6 Å². The number of amides is 1. The number of methoxy groups -OCH3 is 1. The van der Waals surface area contributed by atoms with Crippen molar-refractivity contribution in [1.29, 1.82) is 0 Å². The molecule has 0 fully saturated rings. The number of carbonyl (C=O) groups is 1. The van der Waals surface area contributed by atoms with E-state index in [9.17, 15) is 14.9 Å². The van der Waals surface area contributed by atoms with E-state index in [0.29, 0.717) is 17.1 Å². The average molecular weight is 454 g/mol. The van der Waals surface area contributed by atoms with Gasteiger partial charge in [0.05, 0.1) is 27.9 Å². The van der Waals surface area contributed by atoms with Gasteiger partial charge in [-0.05, 0) is 54.7 Å². The van der Waals surface area contributed by atoms with E-state index in [-0.39, 0.29) is 16.5 Å². The second-order valence-electron chi connectivity index (χ2n) is 6.36. The highest BCUT2D eigenvalue weighted by atomic mass is 32.2. The first-order valence-electron chi connectivity index (χ1n) is 8.98. The molecule has 1 amide bonds. The van der Waals surface area contributed by atoms with E-state index in [4.69, 9.17) is 21.7 Å². The summed E-state index contributed by atoms with van der Waals surface area (Å²) in [5, 5.41) is 16.5. The molecule has 4 rings (SSSR count). The molecule has 31 heavy (non-hydrogen) atoms. The number of carbonyl (C=O) groups excluding carboxylic acids is 1. The molecular weight excluding hydrogens is 438 g/mol. The molecule has 0 radical (unpaired) electrons. The smallest absolute Gasteiger partial charge is 0.296 e. The molecule has 1 aliphatic rings. The van der Waals surface area contributed by atoms with Crippen LogP contribution >= 0.6 is 24.0 Å². The SMILES string of the molecule is COc1ccc(NC(=S)NC(=O)c2ccc3c(c2)Sc2ccccc2O3)c([N+](=O)[O-])c1. The molecule has 3 aromatic rings. The maximum Gasteiger partial charge on any atom is 0.296 e. The standard InChI is InChI=1S/C21H15N3O5S2/c1-28-13-7-8-14(15(11-13)24(26)27)22-21(30)23-20(25)12-6-9-17-19(10-12)31-18-5-3-2-4-16(18)29-17/h2-11H,1H3,(H2,22,23,25,30). The number of rotatable bonds is 4. The van der Waals surface area contributed by atoms with Crippen LogP contribution in [0.5, 0.6) is 17.2 Å². The molecule has 1 heterocycles. The predicted molar refractivity (Wildman–Crippen MR) is 120 cm³/mol. The van der Waals surface area contributed by atoms with E-state index < -0.39 is 10.8 Å². The number of ether oxygens (including phenoxy) is 2. The van der Waals surface area contributed by atoms with Gasteiger partial charge in [-0.3, -0.25) is 20.2 Å². The molecular formula is C21H15N3O5S2. The highest BCUT2D eigenvalue weighted by molar-refractivity contribution is 7.99. The maximum absolute atomic E-state index is 12.7. The normalized spacial score (nSPS) is 11.4. The molecule has 0 aromatic heterocycles. The maximum atomic E-state index is 12.7. The number of nitro groups is 1. The van der Waals surface area contributed by atoms with E-state index in [1.807, 2.05) is 24.3 Å². The Morgan fingerprint density at radius 2 is 1.87 bits per heavy atom. The highest BCUT2D eigenvalue weighted by Gasteiger charge is 2.20. The van der Waals surface area contributed by atoms with Crippen LogP contribution in [0.4, 0.5) is 11.4 Å². The van der Waals surface area contributed by atoms with Crippen molar-refractivity contribution in [1.82, 2.24) is 5.32 Å². The van der Waals surface area contributed by atoms with Crippen molar-refractivity contribution in [2.24, 2.45) is 0 Å². The number of benzene rings is 3. The molecule has 1 aliphatic heterocycles. The summed E-state index contributed by atoms with van der Waals surface area (Å²) >= 11 is 6.67. The fourth-order valence-electron chi connectivity index (χ4n) is 2.89. The van der Waals surface area contributed by atoms with Crippen LogP contribution in [-0.4, -0.2) is 23.1 Å². The minimum Gasteiger partial charge on any atom is -0.496 e. The Labute approximate surface area is 186 Å². The van der Waals surface area contributed by atoms with Crippen LogP contribution in [0.3, 0.4) is 0 Å². The van der Waals surface area contributed by atoms with Gasteiger partial charge in [-0.15, -0.1) is 0 Å². The largest absolute Gasteiger partial charge is 0.496 e. The zero-order valence-electron chi connectivity index (χ0n) is 16.1. The quantitative estimate of drug-likeness (QED) is 0.253. The number of fused-ring (bicyclic) bond motifs is 2. The van der Waals surface area contributed by atoms with E-state index >= 15 is 0 Å². The topological polar surface area (TPSA) is 103 Å². The van der Waals surface area contributed by atoms with Gasteiger partial charge in [-0.2, -0.15) is 0 Å². The Bertz CT molecular complexity index is 1220. The first-order chi connectivity index (χ1) is 14.9. The summed E-state index contributed by atoms with van der Waals surface area (Å²) in [5.41, 5.74) is 0.293. The predicted octanol–water partition coefficient (Wildman–Crippen LogP) is 4.99. The summed E-state index contributed by atoms with van der Waals surface area (Å²) in [5.74, 6) is 1.32. The number of anilines is 1. The molecule has 156 valence electrons. The fourth-order valence-corrected chi connectivity index (χ4v) is 4.09. The molecule has 2 N–H and O–H groups in total. The number of hydrogen-bond acceptors (Lipinski definition) is 7. The van der Waals surface area contributed by atoms with Crippen molar-refractivity contribution in [3.8, 4) is 17.2 Å². The second kappa shape index (κ2) is 8.62. The summed E-state index contributed by atoms with van der Waals surface area (Å²) < 4.78 is 10.9. The van der Waals surface area contributed by atoms with Crippen molar-refractivity contribution >= 4 is 46.4 Å². The van der Waals surface area contributed by atoms with E-state index in [1.165, 1.54) is 31.0 Å². The van der Waals surface area contributed by atoms with Crippen LogP contribution in [-0.2, 0) is 0 Å². The minimum atomic E-state index is -0.562. The van der Waals surface area contributed by atoms with E-state index in [0.717, 1.165) is 15.5 Å². The monoisotopic (exact) mass is 453 g/mol. The van der Waals surface area contributed by atoms with Crippen molar-refractivity contribution < 1.29 is 19.2 Å². The molecule has 0 saturated carbocycles. The van der Waals surface area contributed by atoms with Crippen LogP contribution in [0.25, 0.3) is 0 Å². The van der Waals surface area contributed by atoms with Gasteiger partial charge in [0.2, 0.25) is 0 Å². The van der Waals surface area contributed by atoms with Crippen molar-refractivity contribution in [2.45, 2.75) is 9.79 Å². The third kappa shape index (κ3) is 4.44. The Balaban J connectivity index is 1.47. The molecule has 3 aromatic carbocycles. The number of nitro benzene ring substituents is 1. The summed E-state index contributed by atoms with van der Waals surface area (Å²) in [6, 6.07) is 17.0. The lowest BCUT2D eigenvalue weighted by Gasteiger charge is -2.19. The Hall–Kier alpha value is -3.63. The van der Waals surface area contributed by atoms with Gasteiger partial charge in [0.25, 0.3) is 11.6 Å². The number of nitrogens with one attached hydrogen (secondary N) is 2. The molecule has 8 nitrogen and oxygen atoms in total. The van der Waals surface area contributed by atoms with Crippen LogP contribution in [0, 0.1) is 10.1 Å². The molecule has 0 atom stereocenters. The molecule has 10 heteroatoms. The number of nitrogens with zero attached hydrogens (tertiary/aromatic N) is 1. The van der Waals surface area contributed by atoms with Crippen LogP contribution in [0.15, 0.2) is 70.5 Å². The summed E-state index contributed by atoms with van der Waals surface area (Å²) in [6.07, 6.45) is 0. The van der Waals surface area contributed by atoms with Crippen molar-refractivity contribution in [3.63, 3.8) is 0 Å². The summed E-state index contributed by atoms with van der Waals surface area (Å²) in [6.45, 7) is 0. The van der Waals surface area contributed by atoms with Gasteiger partial charge in [0.1, 0.15) is 22.9 Å². The number of hydrogen-bond donors (Lipinski definition) is 2. The molecule has 0 unspecified atom stereocenters. The van der Waals surface area contributed by atoms with Gasteiger partial charge in [-0.25, -0.2) is 0 Å². The zero-order chi connectivity index (χ0) is 22.0. The van der Waals surface area contributed by atoms with Gasteiger partial charge < -0.3 is 14.8 Å². The van der Waals surface area contributed by atoms with Crippen molar-refractivity contribution in [3.05, 3.63) is 76.3 Å². The molecule has 0 saturated heterocycles. The number of para-hydroxylation sites is 1. The van der Waals surface area contributed by atoms with Gasteiger partial charge in [-0.1, -0.05) is 23.9 Å². The lowest BCUT2D eigenvalue weighted by Crippen LogP contribution is -2.34. The van der Waals surface area contributed by atoms with Gasteiger partial charge in [0, 0.05) is 5.56 Å². The van der Waals surface area contributed by atoms with Gasteiger partial charge >= 0.3 is 0 Å².